The standard InChI is InChI=1S/C23H26IN2OP/c1-17(7-6-15-26-16-14-25-23(26)21(5)27-28-24)8-9-18(2)19(3)10-11-20(4)22-12-13-22/h8-11,14,16,21-22,28H,1-4,12-13,15H2,5H3/b9-8-,11-10-. The molecule has 0 aromatic carbocycles. The first-order valence-electron chi connectivity index (χ1n) is 9.05. The summed E-state index contributed by atoms with van der Waals surface area (Å²) < 4.78 is 7.61. The van der Waals surface area contributed by atoms with Crippen LogP contribution in [0.2, 0.25) is 0 Å². The molecule has 0 aliphatic heterocycles. The van der Waals surface area contributed by atoms with E-state index in [1.165, 1.54) is 18.4 Å². The monoisotopic (exact) mass is 504 g/mol. The van der Waals surface area contributed by atoms with Crippen molar-refractivity contribution < 1.29 is 4.52 Å². The maximum absolute atomic E-state index is 5.62. The Morgan fingerprint density at radius 2 is 1.96 bits per heavy atom. The number of nitrogens with zero attached hydrogens (tertiary/aromatic N) is 2. The molecule has 1 saturated carbocycles. The van der Waals surface area contributed by atoms with E-state index in [-0.39, 0.29) is 6.10 Å². The fraction of sp³-hybridized carbons (Fsp3) is 0.261. The van der Waals surface area contributed by atoms with Crippen LogP contribution in [0.3, 0.4) is 0 Å². The fourth-order valence-electron chi connectivity index (χ4n) is 2.43. The average Bonchev–Trinajstić information content (AvgIpc) is 3.42. The molecular formula is C23H26IN2OP. The molecule has 2 rings (SSSR count). The van der Waals surface area contributed by atoms with E-state index in [4.69, 9.17) is 4.52 Å². The van der Waals surface area contributed by atoms with Crippen molar-refractivity contribution in [1.29, 1.82) is 0 Å². The predicted molar refractivity (Wildman–Crippen MR) is 129 cm³/mol. The minimum atomic E-state index is -0.0477. The Labute approximate surface area is 183 Å². The van der Waals surface area contributed by atoms with E-state index in [2.05, 4.69) is 65.2 Å². The highest BCUT2D eigenvalue weighted by Gasteiger charge is 2.22. The van der Waals surface area contributed by atoms with Crippen LogP contribution in [0, 0.1) is 17.8 Å². The maximum Gasteiger partial charge on any atom is 0.138 e. The van der Waals surface area contributed by atoms with Crippen molar-refractivity contribution in [3.8, 4) is 11.8 Å². The fourth-order valence-corrected chi connectivity index (χ4v) is 3.81. The van der Waals surface area contributed by atoms with E-state index in [0.29, 0.717) is 18.9 Å². The summed E-state index contributed by atoms with van der Waals surface area (Å²) in [6, 6.07) is 0. The molecule has 2 unspecified atom stereocenters. The van der Waals surface area contributed by atoms with Gasteiger partial charge in [-0.2, -0.15) is 0 Å². The third-order valence-corrected chi connectivity index (χ3v) is 5.53. The smallest absolute Gasteiger partial charge is 0.138 e. The van der Waals surface area contributed by atoms with E-state index >= 15 is 0 Å². The highest BCUT2D eigenvalue weighted by atomic mass is 127. The number of hydrogen-bond donors (Lipinski definition) is 0. The van der Waals surface area contributed by atoms with Crippen molar-refractivity contribution in [3.05, 3.63) is 91.1 Å². The van der Waals surface area contributed by atoms with Crippen molar-refractivity contribution in [2.24, 2.45) is 5.92 Å². The van der Waals surface area contributed by atoms with Crippen LogP contribution in [0.25, 0.3) is 0 Å². The third kappa shape index (κ3) is 7.39. The molecule has 0 spiro atoms. The normalized spacial score (nSPS) is 15.1. The SMILES string of the molecule is C=C(C#CCn1ccnc1C(C)OPI)/C=C\C(=C)C(=C)/C=C\C(=C)C1CC1. The van der Waals surface area contributed by atoms with Gasteiger partial charge in [0.15, 0.2) is 0 Å². The Balaban J connectivity index is 1.85. The van der Waals surface area contributed by atoms with Crippen LogP contribution >= 0.6 is 28.5 Å². The molecule has 2 atom stereocenters. The summed E-state index contributed by atoms with van der Waals surface area (Å²) in [5.41, 5.74) is 3.60. The van der Waals surface area contributed by atoms with Crippen LogP contribution in [0.15, 0.2) is 85.3 Å². The molecule has 146 valence electrons. The molecule has 5 heteroatoms. The van der Waals surface area contributed by atoms with Crippen molar-refractivity contribution in [1.82, 2.24) is 9.55 Å². The first kappa shape index (κ1) is 22.6. The zero-order chi connectivity index (χ0) is 20.5. The van der Waals surface area contributed by atoms with Gasteiger partial charge in [-0.1, -0.05) is 62.0 Å². The molecule has 0 amide bonds. The van der Waals surface area contributed by atoms with Crippen molar-refractivity contribution >= 4 is 28.5 Å². The molecule has 3 nitrogen and oxygen atoms in total. The molecule has 0 radical (unpaired) electrons. The lowest BCUT2D eigenvalue weighted by molar-refractivity contribution is 0.251. The number of hydrogen-bond acceptors (Lipinski definition) is 2. The molecule has 0 saturated heterocycles. The number of allylic oxidation sites excluding steroid dienone is 8. The molecular weight excluding hydrogens is 478 g/mol. The third-order valence-electron chi connectivity index (χ3n) is 4.33. The van der Waals surface area contributed by atoms with E-state index in [9.17, 15) is 0 Å². The van der Waals surface area contributed by atoms with Gasteiger partial charge in [0, 0.05) is 18.0 Å². The molecule has 1 aliphatic carbocycles. The summed E-state index contributed by atoms with van der Waals surface area (Å²) in [6.07, 6.45) is 13.9. The van der Waals surface area contributed by atoms with Gasteiger partial charge in [0.05, 0.1) is 13.0 Å². The maximum atomic E-state index is 5.62. The lowest BCUT2D eigenvalue weighted by Gasteiger charge is -2.11. The Bertz CT molecular complexity index is 878. The van der Waals surface area contributed by atoms with E-state index in [0.717, 1.165) is 22.5 Å². The van der Waals surface area contributed by atoms with Crippen LogP contribution in [0.5, 0.6) is 0 Å². The van der Waals surface area contributed by atoms with Gasteiger partial charge in [-0.3, -0.25) is 0 Å². The number of imidazole rings is 1. The topological polar surface area (TPSA) is 27.1 Å². The Kier molecular flexibility index (Phi) is 9.18. The summed E-state index contributed by atoms with van der Waals surface area (Å²) in [4.78, 5) is 4.36. The van der Waals surface area contributed by atoms with Gasteiger partial charge < -0.3 is 9.09 Å². The molecule has 1 aromatic rings. The Hall–Kier alpha value is -1.67. The number of halogens is 1. The summed E-state index contributed by atoms with van der Waals surface area (Å²) >= 11 is 2.21. The van der Waals surface area contributed by atoms with E-state index in [1.54, 1.807) is 6.20 Å². The van der Waals surface area contributed by atoms with Gasteiger partial charge in [0.25, 0.3) is 0 Å². The minimum absolute atomic E-state index is 0.0477. The van der Waals surface area contributed by atoms with Crippen LogP contribution in [-0.2, 0) is 11.1 Å². The predicted octanol–water partition coefficient (Wildman–Crippen LogP) is 6.65. The molecule has 1 aliphatic rings. The van der Waals surface area contributed by atoms with Crippen LogP contribution < -0.4 is 0 Å². The zero-order valence-corrected chi connectivity index (χ0v) is 19.4. The van der Waals surface area contributed by atoms with Crippen LogP contribution in [-0.4, -0.2) is 9.55 Å². The van der Waals surface area contributed by atoms with Crippen LogP contribution in [0.1, 0.15) is 31.7 Å². The minimum Gasteiger partial charge on any atom is -0.341 e. The largest absolute Gasteiger partial charge is 0.341 e. The van der Waals surface area contributed by atoms with Gasteiger partial charge in [-0.25, -0.2) is 4.98 Å². The van der Waals surface area contributed by atoms with E-state index in [1.807, 2.05) is 42.0 Å². The molecule has 28 heavy (non-hydrogen) atoms. The first-order chi connectivity index (χ1) is 13.4. The molecule has 1 fully saturated rings. The lowest BCUT2D eigenvalue weighted by atomic mass is 10.1. The van der Waals surface area contributed by atoms with E-state index < -0.39 is 0 Å². The summed E-state index contributed by atoms with van der Waals surface area (Å²) in [5.74, 6) is 7.73. The van der Waals surface area contributed by atoms with Crippen molar-refractivity contribution in [2.45, 2.75) is 32.4 Å². The van der Waals surface area contributed by atoms with Gasteiger partial charge in [0.2, 0.25) is 0 Å². The van der Waals surface area contributed by atoms with Gasteiger partial charge in [-0.05, 0) is 64.9 Å². The van der Waals surface area contributed by atoms with Crippen molar-refractivity contribution in [3.63, 3.8) is 0 Å². The Morgan fingerprint density at radius 3 is 2.61 bits per heavy atom. The molecule has 1 aromatic heterocycles. The molecule has 1 heterocycles. The van der Waals surface area contributed by atoms with Crippen LogP contribution in [0.4, 0.5) is 0 Å². The summed E-state index contributed by atoms with van der Waals surface area (Å²) in [6.45, 7) is 19.1. The second-order valence-corrected chi connectivity index (χ2v) is 8.36. The summed E-state index contributed by atoms with van der Waals surface area (Å²) in [7, 11) is 0. The molecule has 0 N–H and O–H groups in total. The second-order valence-electron chi connectivity index (χ2n) is 6.64. The molecule has 0 bridgehead atoms. The van der Waals surface area contributed by atoms with Crippen molar-refractivity contribution in [2.75, 3.05) is 0 Å². The highest BCUT2D eigenvalue weighted by Crippen LogP contribution is 2.36. The first-order valence-corrected chi connectivity index (χ1v) is 13.1. The number of rotatable bonds is 10. The zero-order valence-electron chi connectivity index (χ0n) is 16.2. The highest BCUT2D eigenvalue weighted by molar-refractivity contribution is 14.2. The van der Waals surface area contributed by atoms with Gasteiger partial charge in [-0.15, -0.1) is 0 Å². The van der Waals surface area contributed by atoms with Gasteiger partial charge in [0.1, 0.15) is 11.9 Å². The average molecular weight is 504 g/mol. The van der Waals surface area contributed by atoms with Gasteiger partial charge >= 0.3 is 0 Å². The Morgan fingerprint density at radius 1 is 1.29 bits per heavy atom. The lowest BCUT2D eigenvalue weighted by Crippen LogP contribution is -2.06. The number of aromatic nitrogens is 2. The summed E-state index contributed by atoms with van der Waals surface area (Å²) in [5, 5.41) is 0. The quantitative estimate of drug-likeness (QED) is 0.154. The second kappa shape index (κ2) is 11.4.